The Balaban J connectivity index is 1.47. The number of rotatable bonds is 2. The van der Waals surface area contributed by atoms with E-state index in [1.54, 1.807) is 0 Å². The van der Waals surface area contributed by atoms with Gasteiger partial charge in [-0.15, -0.1) is 0 Å². The Hall–Kier alpha value is -3.48. The number of likely N-dealkylation sites (N-methyl/N-ethyl adjacent to an activating group) is 1. The molecule has 1 unspecified atom stereocenters. The van der Waals surface area contributed by atoms with Crippen LogP contribution in [0.4, 0.5) is 11.6 Å². The maximum Gasteiger partial charge on any atom is 0.160 e. The van der Waals surface area contributed by atoms with Crippen LogP contribution >= 0.6 is 0 Å². The summed E-state index contributed by atoms with van der Waals surface area (Å²) in [7, 11) is 2.15. The summed E-state index contributed by atoms with van der Waals surface area (Å²) in [6.07, 6.45) is 7.58. The van der Waals surface area contributed by atoms with Gasteiger partial charge in [-0.1, -0.05) is 32.2 Å². The largest absolute Gasteiger partial charge is 0.387 e. The average Bonchev–Trinajstić information content (AvgIpc) is 3.33. The Morgan fingerprint density at radius 3 is 2.66 bits per heavy atom. The van der Waals surface area contributed by atoms with Crippen LogP contribution in [0.25, 0.3) is 11.3 Å². The first kappa shape index (κ1) is 24.8. The highest BCUT2D eigenvalue weighted by molar-refractivity contribution is 5.67. The van der Waals surface area contributed by atoms with Crippen LogP contribution in [0.3, 0.4) is 0 Å². The Bertz CT molecular complexity index is 1350. The molecule has 2 bridgehead atoms. The number of aromatic nitrogens is 3. The van der Waals surface area contributed by atoms with Crippen molar-refractivity contribution in [2.45, 2.75) is 57.9 Å². The summed E-state index contributed by atoms with van der Waals surface area (Å²) in [6.45, 7) is 16.1. The first-order valence-electron chi connectivity index (χ1n) is 14.4. The molecule has 0 aliphatic carbocycles. The fraction of sp³-hybridized carbons (Fsp3) is 0.484. The van der Waals surface area contributed by atoms with Crippen molar-refractivity contribution in [3.8, 4) is 0 Å². The molecule has 5 heterocycles. The van der Waals surface area contributed by atoms with E-state index in [0.717, 1.165) is 92.8 Å². The zero-order valence-electron chi connectivity index (χ0n) is 23.0. The van der Waals surface area contributed by atoms with Gasteiger partial charge in [0.25, 0.3) is 0 Å². The van der Waals surface area contributed by atoms with E-state index in [-0.39, 0.29) is 6.04 Å². The number of nitrogens with one attached hydrogen (secondary N) is 1. The van der Waals surface area contributed by atoms with E-state index in [1.165, 1.54) is 36.0 Å². The van der Waals surface area contributed by atoms with Crippen LogP contribution in [0, 0.1) is 0 Å². The molecule has 0 radical (unpaired) electrons. The summed E-state index contributed by atoms with van der Waals surface area (Å²) in [5.74, 6) is 2.14. The molecule has 38 heavy (non-hydrogen) atoms. The molecule has 1 aromatic carbocycles. The number of fused-ring (bicyclic) bond motifs is 4. The fourth-order valence-corrected chi connectivity index (χ4v) is 6.04. The van der Waals surface area contributed by atoms with Gasteiger partial charge in [0, 0.05) is 68.9 Å². The molecule has 3 aliphatic heterocycles. The first-order chi connectivity index (χ1) is 18.5. The van der Waals surface area contributed by atoms with Crippen molar-refractivity contribution in [1.29, 1.82) is 0 Å². The molecule has 2 saturated heterocycles. The third kappa shape index (κ3) is 4.63. The molecule has 200 valence electrons. The highest BCUT2D eigenvalue weighted by atomic mass is 15.4. The molecule has 2 aromatic heterocycles. The van der Waals surface area contributed by atoms with Crippen molar-refractivity contribution in [3.05, 3.63) is 71.6 Å². The third-order valence-corrected chi connectivity index (χ3v) is 8.59. The second kappa shape index (κ2) is 10.4. The molecule has 0 amide bonds. The van der Waals surface area contributed by atoms with E-state index < -0.39 is 0 Å². The molecule has 1 N–H and O–H groups in total. The molecular weight excluding hydrogens is 470 g/mol. The topological polar surface area (TPSA) is 51.9 Å². The molecule has 7 heteroatoms. The predicted octanol–water partition coefficient (Wildman–Crippen LogP) is 5.19. The lowest BCUT2D eigenvalue weighted by Crippen LogP contribution is -2.38. The van der Waals surface area contributed by atoms with Crippen molar-refractivity contribution < 1.29 is 0 Å². The maximum absolute atomic E-state index is 5.21. The van der Waals surface area contributed by atoms with Crippen LogP contribution in [0.15, 0.2) is 49.2 Å². The minimum absolute atomic E-state index is 0.200. The first-order valence-corrected chi connectivity index (χ1v) is 14.4. The molecule has 0 saturated carbocycles. The number of hydrogen-bond donors (Lipinski definition) is 1. The van der Waals surface area contributed by atoms with Gasteiger partial charge in [0.05, 0.1) is 11.7 Å². The van der Waals surface area contributed by atoms with Crippen molar-refractivity contribution in [1.82, 2.24) is 24.8 Å². The number of nitrogens with zero attached hydrogens (tertiary/aromatic N) is 6. The molecule has 0 spiro atoms. The van der Waals surface area contributed by atoms with Gasteiger partial charge in [-0.05, 0) is 62.1 Å². The average molecular weight is 512 g/mol. The van der Waals surface area contributed by atoms with Gasteiger partial charge in [-0.25, -0.2) is 4.98 Å². The van der Waals surface area contributed by atoms with Crippen LogP contribution in [-0.2, 0) is 12.8 Å². The predicted molar refractivity (Wildman–Crippen MR) is 157 cm³/mol. The van der Waals surface area contributed by atoms with E-state index in [4.69, 9.17) is 16.7 Å². The van der Waals surface area contributed by atoms with Gasteiger partial charge in [-0.2, -0.15) is 9.61 Å². The molecule has 6 rings (SSSR count). The summed E-state index contributed by atoms with van der Waals surface area (Å²) in [6, 6.07) is 11.6. The number of hydrogen-bond acceptors (Lipinski definition) is 6. The zero-order chi connectivity index (χ0) is 26.2. The monoisotopic (exact) mass is 511 g/mol. The molecule has 3 aliphatic rings. The van der Waals surface area contributed by atoms with E-state index in [9.17, 15) is 0 Å². The molecule has 3 aromatic rings. The summed E-state index contributed by atoms with van der Waals surface area (Å²) >= 11 is 0. The molecule has 1 atom stereocenters. The van der Waals surface area contributed by atoms with Gasteiger partial charge in [0.15, 0.2) is 5.65 Å². The van der Waals surface area contributed by atoms with Crippen molar-refractivity contribution >= 4 is 23.0 Å². The van der Waals surface area contributed by atoms with Crippen LogP contribution in [0.1, 0.15) is 67.5 Å². The highest BCUT2D eigenvalue weighted by Gasteiger charge is 2.30. The Labute approximate surface area is 226 Å². The number of allylic oxidation sites excluding steroid dienone is 1. The minimum Gasteiger partial charge on any atom is -0.387 e. The standard InChI is InChI=1S/C31H41N7/c1-5-24-11-13-25-12-10-22(2)32-14-18-35(4)31-21-29(36-15-8-16-36)33-30-20-27(34-38(30)31)28-9-6-7-17-37(28)23(3)26(25)19-24/h11,13,19-21,28,32H,2-3,5-10,12,14-18H2,1,4H3. The minimum atomic E-state index is 0.200. The number of anilines is 2. The van der Waals surface area contributed by atoms with Gasteiger partial charge >= 0.3 is 0 Å². The van der Waals surface area contributed by atoms with Gasteiger partial charge in [-0.3, -0.25) is 0 Å². The number of piperidine rings is 1. The number of aryl methyl sites for hydroxylation is 2. The van der Waals surface area contributed by atoms with E-state index >= 15 is 0 Å². The van der Waals surface area contributed by atoms with Crippen LogP contribution in [0.2, 0.25) is 0 Å². The van der Waals surface area contributed by atoms with Crippen LogP contribution in [-0.4, -0.2) is 59.3 Å². The van der Waals surface area contributed by atoms with Crippen LogP contribution in [0.5, 0.6) is 0 Å². The van der Waals surface area contributed by atoms with Crippen LogP contribution < -0.4 is 15.1 Å². The molecule has 2 fully saturated rings. The summed E-state index contributed by atoms with van der Waals surface area (Å²) in [4.78, 5) is 12.2. The maximum atomic E-state index is 5.21. The fourth-order valence-electron chi connectivity index (χ4n) is 6.04. The normalized spacial score (nSPS) is 20.8. The quantitative estimate of drug-likeness (QED) is 0.511. The lowest BCUT2D eigenvalue weighted by Gasteiger charge is -2.38. The number of benzene rings is 1. The highest BCUT2D eigenvalue weighted by Crippen LogP contribution is 2.38. The smallest absolute Gasteiger partial charge is 0.160 e. The van der Waals surface area contributed by atoms with E-state index in [1.807, 2.05) is 0 Å². The summed E-state index contributed by atoms with van der Waals surface area (Å²) in [5, 5.41) is 8.79. The third-order valence-electron chi connectivity index (χ3n) is 8.59. The van der Waals surface area contributed by atoms with Gasteiger partial charge in [0.2, 0.25) is 0 Å². The van der Waals surface area contributed by atoms with Gasteiger partial charge < -0.3 is 20.0 Å². The molecule has 7 nitrogen and oxygen atoms in total. The lowest BCUT2D eigenvalue weighted by atomic mass is 9.93. The Morgan fingerprint density at radius 2 is 1.87 bits per heavy atom. The summed E-state index contributed by atoms with van der Waals surface area (Å²) in [5.41, 5.74) is 8.21. The van der Waals surface area contributed by atoms with Crippen molar-refractivity contribution in [2.24, 2.45) is 0 Å². The second-order valence-electron chi connectivity index (χ2n) is 11.1. The van der Waals surface area contributed by atoms with Crippen molar-refractivity contribution in [2.75, 3.05) is 49.6 Å². The second-order valence-corrected chi connectivity index (χ2v) is 11.1. The Morgan fingerprint density at radius 1 is 1.00 bits per heavy atom. The Kier molecular flexibility index (Phi) is 6.76. The van der Waals surface area contributed by atoms with E-state index in [0.29, 0.717) is 0 Å². The zero-order valence-corrected chi connectivity index (χ0v) is 23.0. The van der Waals surface area contributed by atoms with Gasteiger partial charge in [0.1, 0.15) is 11.6 Å². The van der Waals surface area contributed by atoms with E-state index in [2.05, 4.69) is 75.4 Å². The SMILES string of the molecule is C=C1CCc2ccc(CC)cc2C(=C)N2CCCCC2c2cc3nc(N4CCC4)cc(n3n2)N(C)CCN1. The lowest BCUT2D eigenvalue weighted by molar-refractivity contribution is 0.226. The summed E-state index contributed by atoms with van der Waals surface area (Å²) < 4.78 is 2.05. The molecular formula is C31H41N7. The van der Waals surface area contributed by atoms with Crippen molar-refractivity contribution in [3.63, 3.8) is 0 Å².